The molecule has 4 aromatic carbocycles. The third-order valence-corrected chi connectivity index (χ3v) is 17.0. The highest BCUT2D eigenvalue weighted by Crippen LogP contribution is 2.26. The molecule has 0 radical (unpaired) electrons. The van der Waals surface area contributed by atoms with Crippen LogP contribution in [-0.4, -0.2) is 133 Å². The highest BCUT2D eigenvalue weighted by atomic mass is 35.5. The number of carbonyl (C=O) groups is 10. The number of carboxylic acids is 2. The zero-order chi connectivity index (χ0) is 66.2. The van der Waals surface area contributed by atoms with Crippen LogP contribution in [-0.2, 0) is 73.6 Å². The molecule has 0 aliphatic rings. The number of fused-ring (bicyclic) bond motifs is 3. The van der Waals surface area contributed by atoms with Gasteiger partial charge in [-0.25, -0.2) is 4.79 Å². The minimum atomic E-state index is -1.83. The Hall–Kier alpha value is -9.22. The lowest BCUT2D eigenvalue weighted by atomic mass is 9.94. The number of rotatable bonds is 32. The second-order valence-corrected chi connectivity index (χ2v) is 24.3. The molecule has 0 unspecified atom stereocenters. The Morgan fingerprint density at radius 1 is 0.440 bits per heavy atom. The first-order valence-corrected chi connectivity index (χ1v) is 31.0. The number of para-hydroxylation sites is 3. The second-order valence-electron chi connectivity index (χ2n) is 23.5. The number of amides is 8. The summed E-state index contributed by atoms with van der Waals surface area (Å²) in [5.41, 5.74) is 4.64. The van der Waals surface area contributed by atoms with E-state index in [1.54, 1.807) is 90.5 Å². The summed E-state index contributed by atoms with van der Waals surface area (Å²) in [5.74, 6) is -11.0. The summed E-state index contributed by atoms with van der Waals surface area (Å²) in [6, 6.07) is 15.1. The van der Waals surface area contributed by atoms with E-state index in [-0.39, 0.29) is 48.1 Å². The lowest BCUT2D eigenvalue weighted by Crippen LogP contribution is -2.62. The third-order valence-electron chi connectivity index (χ3n) is 16.2. The van der Waals surface area contributed by atoms with Gasteiger partial charge in [0, 0.05) is 83.9 Å². The maximum absolute atomic E-state index is 15.1. The molecule has 91 heavy (non-hydrogen) atoms. The molecule has 484 valence electrons. The third kappa shape index (κ3) is 18.7. The Labute approximate surface area is 536 Å². The van der Waals surface area contributed by atoms with E-state index in [0.717, 1.165) is 21.8 Å². The van der Waals surface area contributed by atoms with Crippen LogP contribution in [0.5, 0.6) is 0 Å². The molecule has 0 saturated heterocycles. The lowest BCUT2D eigenvalue weighted by molar-refractivity contribution is -0.142. The Balaban J connectivity index is 1.13. The van der Waals surface area contributed by atoms with E-state index in [4.69, 9.17) is 23.2 Å². The van der Waals surface area contributed by atoms with E-state index in [1.807, 2.05) is 60.7 Å². The monoisotopic (exact) mass is 1290 g/mol. The van der Waals surface area contributed by atoms with Crippen molar-refractivity contribution in [2.45, 2.75) is 148 Å². The largest absolute Gasteiger partial charge is 0.481 e. The van der Waals surface area contributed by atoms with Gasteiger partial charge in [0.2, 0.25) is 47.3 Å². The summed E-state index contributed by atoms with van der Waals surface area (Å²) >= 11 is 12.5. The number of hydrogen-bond acceptors (Lipinski definition) is 10. The first kappa shape index (κ1) is 69.3. The van der Waals surface area contributed by atoms with Gasteiger partial charge in [-0.1, -0.05) is 138 Å². The van der Waals surface area contributed by atoms with Crippen LogP contribution in [0.2, 0.25) is 10.0 Å². The minimum Gasteiger partial charge on any atom is -0.481 e. The Kier molecular flexibility index (Phi) is 24.3. The summed E-state index contributed by atoms with van der Waals surface area (Å²) in [6.07, 6.45) is 4.26. The number of aromatic nitrogens is 3. The van der Waals surface area contributed by atoms with Crippen molar-refractivity contribution in [1.82, 2.24) is 57.5 Å². The van der Waals surface area contributed by atoms with Crippen LogP contribution in [0.4, 0.5) is 0 Å². The van der Waals surface area contributed by atoms with Crippen LogP contribution < -0.4 is 42.5 Å². The van der Waals surface area contributed by atoms with E-state index in [9.17, 15) is 48.6 Å². The number of carbonyl (C=O) groups excluding carboxylic acids is 8. The SMILES string of the molecule is CC[C@H](C)[C@H](NC(=O)[C@H](CC(=O)O)NC(=O)[C@H](CC(C)C)NC(=O)[C@@H](Cc1c[nH]c2ccccc12)NC(=O)[C@@H](Cc1c[nH]c2ccccc12)NC(=O)[C@H](Cc1ccc(Cl)c(Cl)c1)NC(C)=O)C(=O)N[C@H](C(=O)N[C@@H](Cc1c[nH]c2ccccc12)C(=O)O)[C@@H](C)CC. The molecular weight excluding hydrogens is 1210 g/mol. The van der Waals surface area contributed by atoms with Gasteiger partial charge in [-0.15, -0.1) is 0 Å². The maximum atomic E-state index is 15.1. The number of hydrogen-bond donors (Lipinski definition) is 13. The van der Waals surface area contributed by atoms with Crippen molar-refractivity contribution in [3.8, 4) is 0 Å². The smallest absolute Gasteiger partial charge is 0.326 e. The van der Waals surface area contributed by atoms with Gasteiger partial charge in [0.05, 0.1) is 16.5 Å². The molecule has 13 N–H and O–H groups in total. The Morgan fingerprint density at radius 3 is 1.23 bits per heavy atom. The molecule has 7 aromatic rings. The number of aliphatic carboxylic acids is 2. The van der Waals surface area contributed by atoms with Gasteiger partial charge in [-0.05, 0) is 76.8 Å². The highest BCUT2D eigenvalue weighted by Gasteiger charge is 2.38. The van der Waals surface area contributed by atoms with Crippen molar-refractivity contribution in [2.75, 3.05) is 0 Å². The molecule has 23 nitrogen and oxygen atoms in total. The zero-order valence-electron chi connectivity index (χ0n) is 51.6. The topological polar surface area (TPSA) is 355 Å². The maximum Gasteiger partial charge on any atom is 0.326 e. The van der Waals surface area contributed by atoms with Gasteiger partial charge in [0.25, 0.3) is 0 Å². The Morgan fingerprint density at radius 2 is 0.813 bits per heavy atom. The average Bonchev–Trinajstić information content (AvgIpc) is 2.28. The molecule has 0 bridgehead atoms. The standard InChI is InChI=1S/C66H79Cl2N11O12/c1-8-35(5)57(64(88)77-55(66(90)91)29-41-33-71-49-21-15-12-18-44(41)49)79-65(89)58(36(6)9-2)78-63(87)54(30-56(81)82)76-59(83)50(24-34(3)4)73-61(85)52(27-39-31-69-47-19-13-10-16-42(39)47)75-62(86)53(28-40-32-70-48-20-14-11-17-43(40)48)74-60(84)51(72-37(7)80)26-38-22-23-45(67)46(68)25-38/h10-23,25,31-36,50-55,57-58,69-71H,8-9,24,26-30H2,1-7H3,(H,72,80)(H,73,85)(H,74,84)(H,75,86)(H,76,83)(H,77,88)(H,78,87)(H,79,89)(H,81,82)(H,90,91)/t35-,36-,50-,51-,52+,53+,54-,55-,57-,58-/m0/s1. The predicted molar refractivity (Wildman–Crippen MR) is 346 cm³/mol. The van der Waals surface area contributed by atoms with Crippen molar-refractivity contribution in [3.05, 3.63) is 142 Å². The van der Waals surface area contributed by atoms with E-state index in [0.29, 0.717) is 46.0 Å². The molecule has 3 aromatic heterocycles. The average molecular weight is 1290 g/mol. The van der Waals surface area contributed by atoms with Crippen LogP contribution >= 0.6 is 23.2 Å². The summed E-state index contributed by atoms with van der Waals surface area (Å²) in [7, 11) is 0. The van der Waals surface area contributed by atoms with Gasteiger partial charge >= 0.3 is 11.9 Å². The summed E-state index contributed by atoms with van der Waals surface area (Å²) in [5, 5.41) is 44.6. The molecule has 0 fully saturated rings. The number of carboxylic acid groups (broad SMARTS) is 2. The van der Waals surface area contributed by atoms with Gasteiger partial charge in [-0.2, -0.15) is 0 Å². The normalized spacial score (nSPS) is 14.7. The first-order valence-electron chi connectivity index (χ1n) is 30.3. The molecule has 0 spiro atoms. The number of aromatic amines is 3. The second kappa shape index (κ2) is 32.0. The predicted octanol–water partition coefficient (Wildman–Crippen LogP) is 6.30. The summed E-state index contributed by atoms with van der Waals surface area (Å²) in [6.45, 7) is 11.6. The molecular formula is C66H79Cl2N11O12. The van der Waals surface area contributed by atoms with E-state index >= 15 is 9.59 Å². The number of halogens is 2. The minimum absolute atomic E-state index is 0.0529. The van der Waals surface area contributed by atoms with Crippen molar-refractivity contribution >= 4 is 115 Å². The van der Waals surface area contributed by atoms with Crippen molar-refractivity contribution in [2.24, 2.45) is 17.8 Å². The highest BCUT2D eigenvalue weighted by molar-refractivity contribution is 6.42. The fourth-order valence-corrected chi connectivity index (χ4v) is 11.2. The molecule has 3 heterocycles. The quantitative estimate of drug-likeness (QED) is 0.0221. The van der Waals surface area contributed by atoms with Crippen LogP contribution in [0.15, 0.2) is 110 Å². The van der Waals surface area contributed by atoms with Crippen LogP contribution in [0.1, 0.15) is 96.4 Å². The van der Waals surface area contributed by atoms with E-state index < -0.39 is 126 Å². The fraction of sp³-hybridized carbons (Fsp3) is 0.394. The van der Waals surface area contributed by atoms with Gasteiger partial charge in [0.1, 0.15) is 48.3 Å². The molecule has 0 aliphatic heterocycles. The van der Waals surface area contributed by atoms with Crippen LogP contribution in [0.3, 0.4) is 0 Å². The van der Waals surface area contributed by atoms with Gasteiger partial charge in [0.15, 0.2) is 0 Å². The van der Waals surface area contributed by atoms with Crippen molar-refractivity contribution < 1.29 is 58.2 Å². The molecule has 10 atom stereocenters. The van der Waals surface area contributed by atoms with Gasteiger partial charge < -0.3 is 67.7 Å². The number of H-pyrrole nitrogens is 3. The zero-order valence-corrected chi connectivity index (χ0v) is 53.1. The molecule has 0 aliphatic carbocycles. The van der Waals surface area contributed by atoms with Crippen molar-refractivity contribution in [3.63, 3.8) is 0 Å². The van der Waals surface area contributed by atoms with Crippen LogP contribution in [0.25, 0.3) is 32.7 Å². The van der Waals surface area contributed by atoms with E-state index in [1.165, 1.54) is 6.92 Å². The summed E-state index contributed by atoms with van der Waals surface area (Å²) in [4.78, 5) is 149. The lowest BCUT2D eigenvalue weighted by Gasteiger charge is -2.31. The molecule has 7 rings (SSSR count). The van der Waals surface area contributed by atoms with E-state index in [2.05, 4.69) is 57.5 Å². The van der Waals surface area contributed by atoms with Crippen molar-refractivity contribution in [1.29, 1.82) is 0 Å². The van der Waals surface area contributed by atoms with Crippen LogP contribution in [0, 0.1) is 17.8 Å². The fourth-order valence-electron chi connectivity index (χ4n) is 10.9. The van der Waals surface area contributed by atoms with Gasteiger partial charge in [-0.3, -0.25) is 43.2 Å². The molecule has 0 saturated carbocycles. The number of nitrogens with one attached hydrogen (secondary N) is 11. The molecule has 25 heteroatoms. The number of benzene rings is 4. The summed E-state index contributed by atoms with van der Waals surface area (Å²) < 4.78 is 0. The Bertz CT molecular complexity index is 3790. The molecule has 8 amide bonds. The first-order chi connectivity index (χ1) is 43.3.